The van der Waals surface area contributed by atoms with Gasteiger partial charge in [-0.1, -0.05) is 12.1 Å². The van der Waals surface area contributed by atoms with E-state index in [1.54, 1.807) is 24.3 Å². The molecular formula is C10H10N2O2. The molecule has 0 aromatic heterocycles. The SMILES string of the molecule is Cc1cccc(OC(=O)NCC#N)c1. The molecule has 4 nitrogen and oxygen atoms in total. The first-order valence-electron chi connectivity index (χ1n) is 4.11. The van der Waals surface area contributed by atoms with Crippen LogP contribution in [-0.4, -0.2) is 12.6 Å². The molecule has 14 heavy (non-hydrogen) atoms. The fourth-order valence-electron chi connectivity index (χ4n) is 0.934. The zero-order chi connectivity index (χ0) is 10.4. The summed E-state index contributed by atoms with van der Waals surface area (Å²) in [4.78, 5) is 11.0. The molecule has 0 aliphatic rings. The van der Waals surface area contributed by atoms with Crippen molar-refractivity contribution in [3.63, 3.8) is 0 Å². The molecule has 0 heterocycles. The molecule has 0 unspecified atom stereocenters. The zero-order valence-corrected chi connectivity index (χ0v) is 7.78. The van der Waals surface area contributed by atoms with E-state index in [2.05, 4.69) is 5.32 Å². The number of hydrogen-bond donors (Lipinski definition) is 1. The number of hydrogen-bond acceptors (Lipinski definition) is 3. The summed E-state index contributed by atoms with van der Waals surface area (Å²) in [6, 6.07) is 8.90. The van der Waals surface area contributed by atoms with E-state index in [1.807, 2.05) is 13.0 Å². The predicted octanol–water partition coefficient (Wildman–Crippen LogP) is 1.61. The van der Waals surface area contributed by atoms with Crippen LogP contribution in [0.15, 0.2) is 24.3 Å². The van der Waals surface area contributed by atoms with E-state index in [0.717, 1.165) is 5.56 Å². The highest BCUT2D eigenvalue weighted by Gasteiger charge is 2.02. The lowest BCUT2D eigenvalue weighted by Gasteiger charge is -2.03. The Morgan fingerprint density at radius 3 is 3.07 bits per heavy atom. The molecule has 0 aliphatic heterocycles. The average molecular weight is 190 g/mol. The van der Waals surface area contributed by atoms with Gasteiger partial charge in [0.15, 0.2) is 0 Å². The van der Waals surface area contributed by atoms with Crippen molar-refractivity contribution >= 4 is 6.09 Å². The van der Waals surface area contributed by atoms with E-state index in [9.17, 15) is 4.79 Å². The Morgan fingerprint density at radius 1 is 1.64 bits per heavy atom. The molecule has 0 atom stereocenters. The van der Waals surface area contributed by atoms with Crippen molar-refractivity contribution in [1.29, 1.82) is 5.26 Å². The number of benzene rings is 1. The molecule has 0 aliphatic carbocycles. The minimum absolute atomic E-state index is 0.0509. The molecule has 1 amide bonds. The maximum absolute atomic E-state index is 11.0. The molecule has 72 valence electrons. The number of carbonyl (C=O) groups excluding carboxylic acids is 1. The topological polar surface area (TPSA) is 62.1 Å². The molecule has 1 N–H and O–H groups in total. The highest BCUT2D eigenvalue weighted by Crippen LogP contribution is 2.11. The van der Waals surface area contributed by atoms with Crippen LogP contribution in [0.25, 0.3) is 0 Å². The maximum Gasteiger partial charge on any atom is 0.413 e. The number of nitriles is 1. The van der Waals surface area contributed by atoms with E-state index in [1.165, 1.54) is 0 Å². The smallest absolute Gasteiger partial charge is 0.410 e. The molecule has 0 radical (unpaired) electrons. The van der Waals surface area contributed by atoms with Gasteiger partial charge in [0.25, 0.3) is 0 Å². The van der Waals surface area contributed by atoms with Crippen molar-refractivity contribution in [1.82, 2.24) is 5.32 Å². The van der Waals surface area contributed by atoms with Crippen LogP contribution in [0.3, 0.4) is 0 Å². The van der Waals surface area contributed by atoms with Gasteiger partial charge in [-0.2, -0.15) is 5.26 Å². The van der Waals surface area contributed by atoms with Gasteiger partial charge in [-0.25, -0.2) is 4.79 Å². The lowest BCUT2D eigenvalue weighted by Crippen LogP contribution is -2.26. The summed E-state index contributed by atoms with van der Waals surface area (Å²) in [5.41, 5.74) is 1.01. The summed E-state index contributed by atoms with van der Waals surface area (Å²) in [5, 5.41) is 10.5. The highest BCUT2D eigenvalue weighted by atomic mass is 16.5. The van der Waals surface area contributed by atoms with E-state index in [0.29, 0.717) is 5.75 Å². The lowest BCUT2D eigenvalue weighted by molar-refractivity contribution is 0.202. The average Bonchev–Trinajstić information content (AvgIpc) is 2.15. The molecular weight excluding hydrogens is 180 g/mol. The number of aryl methyl sites for hydroxylation is 1. The van der Waals surface area contributed by atoms with Crippen molar-refractivity contribution in [3.05, 3.63) is 29.8 Å². The Bertz CT molecular complexity index is 369. The highest BCUT2D eigenvalue weighted by molar-refractivity contribution is 5.70. The first-order valence-corrected chi connectivity index (χ1v) is 4.11. The molecule has 0 saturated heterocycles. The second-order valence-corrected chi connectivity index (χ2v) is 2.72. The van der Waals surface area contributed by atoms with Crippen LogP contribution in [0.4, 0.5) is 4.79 Å². The second kappa shape index (κ2) is 4.87. The van der Waals surface area contributed by atoms with Gasteiger partial charge in [-0.15, -0.1) is 0 Å². The first-order chi connectivity index (χ1) is 6.72. The summed E-state index contributed by atoms with van der Waals surface area (Å²) in [5.74, 6) is 0.473. The standard InChI is InChI=1S/C10H10N2O2/c1-8-3-2-4-9(7-8)14-10(13)12-6-5-11/h2-4,7H,6H2,1H3,(H,12,13). The monoisotopic (exact) mass is 190 g/mol. The third-order valence-corrected chi connectivity index (χ3v) is 1.51. The molecule has 4 heteroatoms. The number of amides is 1. The van der Waals surface area contributed by atoms with Crippen LogP contribution in [-0.2, 0) is 0 Å². The van der Waals surface area contributed by atoms with Crippen LogP contribution in [0.2, 0.25) is 0 Å². The normalized spacial score (nSPS) is 8.86. The molecule has 1 aromatic carbocycles. The molecule has 0 spiro atoms. The number of carbonyl (C=O) groups is 1. The lowest BCUT2D eigenvalue weighted by atomic mass is 10.2. The van der Waals surface area contributed by atoms with Crippen LogP contribution < -0.4 is 10.1 Å². The van der Waals surface area contributed by atoms with Crippen molar-refractivity contribution in [2.24, 2.45) is 0 Å². The van der Waals surface area contributed by atoms with Crippen LogP contribution >= 0.6 is 0 Å². The quantitative estimate of drug-likeness (QED) is 0.720. The number of ether oxygens (including phenoxy) is 1. The second-order valence-electron chi connectivity index (χ2n) is 2.72. The van der Waals surface area contributed by atoms with Gasteiger partial charge >= 0.3 is 6.09 Å². The fraction of sp³-hybridized carbons (Fsp3) is 0.200. The van der Waals surface area contributed by atoms with E-state index in [-0.39, 0.29) is 6.54 Å². The Kier molecular flexibility index (Phi) is 3.50. The van der Waals surface area contributed by atoms with E-state index < -0.39 is 6.09 Å². The van der Waals surface area contributed by atoms with Gasteiger partial charge in [0, 0.05) is 0 Å². The van der Waals surface area contributed by atoms with Crippen molar-refractivity contribution in [3.8, 4) is 11.8 Å². The van der Waals surface area contributed by atoms with Crippen LogP contribution in [0, 0.1) is 18.3 Å². The Labute approximate surface area is 82.1 Å². The van der Waals surface area contributed by atoms with Crippen LogP contribution in [0.5, 0.6) is 5.75 Å². The maximum atomic E-state index is 11.0. The third kappa shape index (κ3) is 3.15. The van der Waals surface area contributed by atoms with Crippen molar-refractivity contribution < 1.29 is 9.53 Å². The molecule has 1 aromatic rings. The van der Waals surface area contributed by atoms with Gasteiger partial charge in [0.1, 0.15) is 12.3 Å². The number of nitrogens with one attached hydrogen (secondary N) is 1. The van der Waals surface area contributed by atoms with E-state index >= 15 is 0 Å². The Hall–Kier alpha value is -2.02. The number of rotatable bonds is 2. The third-order valence-electron chi connectivity index (χ3n) is 1.51. The van der Waals surface area contributed by atoms with Gasteiger partial charge < -0.3 is 10.1 Å². The van der Waals surface area contributed by atoms with Gasteiger partial charge in [0.05, 0.1) is 6.07 Å². The summed E-state index contributed by atoms with van der Waals surface area (Å²) in [7, 11) is 0. The number of nitrogens with zero attached hydrogens (tertiary/aromatic N) is 1. The van der Waals surface area contributed by atoms with Gasteiger partial charge in [-0.3, -0.25) is 0 Å². The van der Waals surface area contributed by atoms with E-state index in [4.69, 9.17) is 10.00 Å². The summed E-state index contributed by atoms with van der Waals surface area (Å²) in [6.45, 7) is 1.85. The first kappa shape index (κ1) is 10.1. The zero-order valence-electron chi connectivity index (χ0n) is 7.78. The summed E-state index contributed by atoms with van der Waals surface area (Å²) < 4.78 is 4.90. The Morgan fingerprint density at radius 2 is 2.43 bits per heavy atom. The minimum atomic E-state index is -0.614. The van der Waals surface area contributed by atoms with Crippen LogP contribution in [0.1, 0.15) is 5.56 Å². The molecule has 0 fully saturated rings. The summed E-state index contributed by atoms with van der Waals surface area (Å²) >= 11 is 0. The predicted molar refractivity (Wildman–Crippen MR) is 50.8 cm³/mol. The molecule has 1 rings (SSSR count). The Balaban J connectivity index is 2.53. The van der Waals surface area contributed by atoms with Gasteiger partial charge in [-0.05, 0) is 24.6 Å². The minimum Gasteiger partial charge on any atom is -0.410 e. The van der Waals surface area contributed by atoms with Crippen molar-refractivity contribution in [2.75, 3.05) is 6.54 Å². The largest absolute Gasteiger partial charge is 0.413 e. The van der Waals surface area contributed by atoms with Gasteiger partial charge in [0.2, 0.25) is 0 Å². The fourth-order valence-corrected chi connectivity index (χ4v) is 0.934. The molecule has 0 saturated carbocycles. The summed E-state index contributed by atoms with van der Waals surface area (Å²) in [6.07, 6.45) is -0.614. The molecule has 0 bridgehead atoms. The van der Waals surface area contributed by atoms with Crippen molar-refractivity contribution in [2.45, 2.75) is 6.92 Å².